The van der Waals surface area contributed by atoms with Crippen molar-refractivity contribution in [1.82, 2.24) is 4.90 Å². The molecule has 26 heavy (non-hydrogen) atoms. The summed E-state index contributed by atoms with van der Waals surface area (Å²) in [5.41, 5.74) is 2.01. The lowest BCUT2D eigenvalue weighted by Crippen LogP contribution is -2.28. The maximum atomic E-state index is 12.8. The van der Waals surface area contributed by atoms with Crippen LogP contribution in [0, 0.1) is 0 Å². The van der Waals surface area contributed by atoms with Crippen molar-refractivity contribution in [1.29, 1.82) is 0 Å². The van der Waals surface area contributed by atoms with Crippen molar-refractivity contribution < 1.29 is 14.3 Å². The number of carbonyl (C=O) groups is 1. The van der Waals surface area contributed by atoms with Crippen LogP contribution in [0.5, 0.6) is 11.5 Å². The molecule has 1 fully saturated rings. The number of rotatable bonds is 5. The highest BCUT2D eigenvalue weighted by atomic mass is 79.9. The van der Waals surface area contributed by atoms with Crippen molar-refractivity contribution in [3.63, 3.8) is 0 Å². The number of carbonyl (C=O) groups excluding carboxylic acids is 1. The van der Waals surface area contributed by atoms with Gasteiger partial charge >= 0.3 is 0 Å². The molecule has 5 heteroatoms. The van der Waals surface area contributed by atoms with Crippen LogP contribution in [0.1, 0.15) is 30.0 Å². The van der Waals surface area contributed by atoms with Crippen molar-refractivity contribution in [3.05, 3.63) is 64.1 Å². The Balaban J connectivity index is 1.77. The third kappa shape index (κ3) is 4.10. The maximum Gasteiger partial charge on any atom is 0.247 e. The molecular weight excluding hydrogens is 394 g/mol. The number of likely N-dealkylation sites (tertiary alicyclic amines) is 1. The van der Waals surface area contributed by atoms with E-state index in [1.54, 1.807) is 20.3 Å². The second kappa shape index (κ2) is 8.41. The first-order valence-electron chi connectivity index (χ1n) is 8.58. The van der Waals surface area contributed by atoms with Crippen LogP contribution in [0.4, 0.5) is 0 Å². The van der Waals surface area contributed by atoms with Crippen LogP contribution < -0.4 is 9.47 Å². The van der Waals surface area contributed by atoms with Gasteiger partial charge in [-0.1, -0.05) is 28.1 Å². The lowest BCUT2D eigenvalue weighted by atomic mass is 10.0. The highest BCUT2D eigenvalue weighted by molar-refractivity contribution is 9.10. The molecule has 2 aromatic carbocycles. The first kappa shape index (κ1) is 18.5. The van der Waals surface area contributed by atoms with Crippen LogP contribution >= 0.6 is 15.9 Å². The van der Waals surface area contributed by atoms with Crippen LogP contribution in [0.15, 0.2) is 53.0 Å². The lowest BCUT2D eigenvalue weighted by Gasteiger charge is -2.24. The Kier molecular flexibility index (Phi) is 5.99. The van der Waals surface area contributed by atoms with Crippen LogP contribution in [0.2, 0.25) is 0 Å². The van der Waals surface area contributed by atoms with E-state index in [1.807, 2.05) is 53.4 Å². The predicted octanol–water partition coefficient (Wildman–Crippen LogP) is 4.84. The molecule has 1 atom stereocenters. The average Bonchev–Trinajstić information content (AvgIpc) is 3.16. The van der Waals surface area contributed by atoms with Gasteiger partial charge in [-0.2, -0.15) is 0 Å². The van der Waals surface area contributed by atoms with Gasteiger partial charge in [0.05, 0.1) is 20.3 Å². The summed E-state index contributed by atoms with van der Waals surface area (Å²) in [5, 5.41) is 0. The van der Waals surface area contributed by atoms with E-state index in [4.69, 9.17) is 9.47 Å². The van der Waals surface area contributed by atoms with Gasteiger partial charge in [-0.3, -0.25) is 4.79 Å². The summed E-state index contributed by atoms with van der Waals surface area (Å²) in [4.78, 5) is 14.7. The van der Waals surface area contributed by atoms with E-state index in [1.165, 1.54) is 0 Å². The van der Waals surface area contributed by atoms with E-state index in [9.17, 15) is 4.79 Å². The number of methoxy groups -OCH3 is 2. The Morgan fingerprint density at radius 2 is 1.92 bits per heavy atom. The summed E-state index contributed by atoms with van der Waals surface area (Å²) in [6, 6.07) is 13.8. The van der Waals surface area contributed by atoms with Crippen LogP contribution in [0.3, 0.4) is 0 Å². The van der Waals surface area contributed by atoms with Crippen LogP contribution in [-0.4, -0.2) is 31.6 Å². The van der Waals surface area contributed by atoms with Crippen LogP contribution in [0.25, 0.3) is 6.08 Å². The first-order valence-corrected chi connectivity index (χ1v) is 9.38. The molecule has 3 rings (SSSR count). The van der Waals surface area contributed by atoms with Gasteiger partial charge in [-0.25, -0.2) is 0 Å². The topological polar surface area (TPSA) is 38.8 Å². The lowest BCUT2D eigenvalue weighted by molar-refractivity contribution is -0.126. The molecule has 0 saturated carbocycles. The summed E-state index contributed by atoms with van der Waals surface area (Å²) in [6.45, 7) is 0.773. The standard InChI is InChI=1S/C21H22BrNO3/c1-25-18-9-5-15(6-10-18)19-4-3-13-23(19)21(24)12-7-16-14-17(22)8-11-20(16)26-2/h5-12,14,19H,3-4,13H2,1-2H3/b12-7+. The maximum absolute atomic E-state index is 12.8. The predicted molar refractivity (Wildman–Crippen MR) is 106 cm³/mol. The SMILES string of the molecule is COc1ccc(C2CCCN2C(=O)/C=C/c2cc(Br)ccc2OC)cc1. The highest BCUT2D eigenvalue weighted by Crippen LogP contribution is 2.33. The Morgan fingerprint density at radius 1 is 1.15 bits per heavy atom. The smallest absolute Gasteiger partial charge is 0.247 e. The Labute approximate surface area is 162 Å². The normalized spacial score (nSPS) is 16.9. The molecule has 2 aromatic rings. The Bertz CT molecular complexity index is 801. The molecule has 0 bridgehead atoms. The number of amides is 1. The summed E-state index contributed by atoms with van der Waals surface area (Å²) >= 11 is 3.46. The van der Waals surface area contributed by atoms with E-state index >= 15 is 0 Å². The average molecular weight is 416 g/mol. The van der Waals surface area contributed by atoms with Gasteiger partial charge in [-0.05, 0) is 54.8 Å². The van der Waals surface area contributed by atoms with Gasteiger partial charge in [0, 0.05) is 22.7 Å². The summed E-state index contributed by atoms with van der Waals surface area (Å²) in [7, 11) is 3.28. The zero-order valence-corrected chi connectivity index (χ0v) is 16.5. The molecule has 0 aromatic heterocycles. The third-order valence-electron chi connectivity index (χ3n) is 4.63. The molecule has 1 saturated heterocycles. The minimum Gasteiger partial charge on any atom is -0.497 e. The monoisotopic (exact) mass is 415 g/mol. The molecule has 0 spiro atoms. The second-order valence-corrected chi connectivity index (χ2v) is 7.10. The first-order chi connectivity index (χ1) is 12.6. The van der Waals surface area contributed by atoms with Gasteiger partial charge in [0.2, 0.25) is 5.91 Å². The molecular formula is C21H22BrNO3. The quantitative estimate of drug-likeness (QED) is 0.655. The number of halogens is 1. The number of ether oxygens (including phenoxy) is 2. The van der Waals surface area contributed by atoms with Gasteiger partial charge < -0.3 is 14.4 Å². The van der Waals surface area contributed by atoms with Crippen molar-refractivity contribution in [2.45, 2.75) is 18.9 Å². The summed E-state index contributed by atoms with van der Waals surface area (Å²) in [5.74, 6) is 1.59. The van der Waals surface area contributed by atoms with Gasteiger partial charge in [0.25, 0.3) is 0 Å². The molecule has 1 heterocycles. The molecule has 1 unspecified atom stereocenters. The minimum atomic E-state index is 0.0188. The molecule has 1 aliphatic rings. The number of hydrogen-bond acceptors (Lipinski definition) is 3. The number of benzene rings is 2. The van der Waals surface area contributed by atoms with Crippen molar-refractivity contribution in [3.8, 4) is 11.5 Å². The number of nitrogens with zero attached hydrogens (tertiary/aromatic N) is 1. The Morgan fingerprint density at radius 3 is 2.62 bits per heavy atom. The Hall–Kier alpha value is -2.27. The highest BCUT2D eigenvalue weighted by Gasteiger charge is 2.28. The molecule has 0 radical (unpaired) electrons. The van der Waals surface area contributed by atoms with E-state index in [-0.39, 0.29) is 11.9 Å². The fraction of sp³-hybridized carbons (Fsp3) is 0.286. The van der Waals surface area contributed by atoms with E-state index < -0.39 is 0 Å². The van der Waals surface area contributed by atoms with Crippen LogP contribution in [-0.2, 0) is 4.79 Å². The van der Waals surface area contributed by atoms with Gasteiger partial charge in [0.1, 0.15) is 11.5 Å². The molecule has 136 valence electrons. The van der Waals surface area contributed by atoms with Crippen molar-refractivity contribution in [2.24, 2.45) is 0 Å². The van der Waals surface area contributed by atoms with Gasteiger partial charge in [-0.15, -0.1) is 0 Å². The van der Waals surface area contributed by atoms with E-state index in [0.717, 1.165) is 46.5 Å². The molecule has 1 amide bonds. The minimum absolute atomic E-state index is 0.0188. The van der Waals surface area contributed by atoms with Crippen molar-refractivity contribution >= 4 is 27.9 Å². The summed E-state index contributed by atoms with van der Waals surface area (Å²) < 4.78 is 11.5. The molecule has 0 aliphatic carbocycles. The van der Waals surface area contributed by atoms with Crippen molar-refractivity contribution in [2.75, 3.05) is 20.8 Å². The van der Waals surface area contributed by atoms with E-state index in [2.05, 4.69) is 15.9 Å². The fourth-order valence-corrected chi connectivity index (χ4v) is 3.67. The largest absolute Gasteiger partial charge is 0.497 e. The molecule has 1 aliphatic heterocycles. The zero-order valence-electron chi connectivity index (χ0n) is 14.9. The fourth-order valence-electron chi connectivity index (χ4n) is 3.30. The second-order valence-electron chi connectivity index (χ2n) is 6.18. The zero-order chi connectivity index (χ0) is 18.5. The molecule has 4 nitrogen and oxygen atoms in total. The van der Waals surface area contributed by atoms with Gasteiger partial charge in [0.15, 0.2) is 0 Å². The third-order valence-corrected chi connectivity index (χ3v) is 5.13. The number of hydrogen-bond donors (Lipinski definition) is 0. The van der Waals surface area contributed by atoms with E-state index in [0.29, 0.717) is 0 Å². The molecule has 0 N–H and O–H groups in total. The summed E-state index contributed by atoms with van der Waals surface area (Å²) in [6.07, 6.45) is 5.43.